The zero-order valence-electron chi connectivity index (χ0n) is 15.8. The molecule has 1 fully saturated rings. The van der Waals surface area contributed by atoms with E-state index in [1.807, 2.05) is 54.6 Å². The molecule has 0 unspecified atom stereocenters. The smallest absolute Gasteiger partial charge is 0.321 e. The molecule has 3 amide bonds. The summed E-state index contributed by atoms with van der Waals surface area (Å²) in [5.74, 6) is 0.663. The number of anilines is 1. The molecule has 146 valence electrons. The molecule has 2 aliphatic rings. The lowest BCUT2D eigenvalue weighted by atomic mass is 9.95. The van der Waals surface area contributed by atoms with Crippen LogP contribution in [-0.4, -0.2) is 36.5 Å². The van der Waals surface area contributed by atoms with Crippen molar-refractivity contribution < 1.29 is 14.3 Å². The Hall–Kier alpha value is -3.02. The first-order valence-corrected chi connectivity index (χ1v) is 9.84. The number of ether oxygens (including phenoxy) is 1. The predicted molar refractivity (Wildman–Crippen MR) is 107 cm³/mol. The first-order chi connectivity index (χ1) is 13.7. The number of amides is 3. The largest absolute Gasteiger partial charge is 0.493 e. The Balaban J connectivity index is 1.37. The molecule has 2 aromatic rings. The van der Waals surface area contributed by atoms with Gasteiger partial charge in [0.2, 0.25) is 5.91 Å². The SMILES string of the molecule is O=C(N[C@@H]1CCOc2ccccc21)[C@H]1CCCN(C(=O)Nc2ccccc2)C1. The highest BCUT2D eigenvalue weighted by Gasteiger charge is 2.31. The fourth-order valence-corrected chi connectivity index (χ4v) is 3.88. The standard InChI is InChI=1S/C22H25N3O3/c26-21(24-19-12-14-28-20-11-5-4-10-18(19)20)16-7-6-13-25(15-16)22(27)23-17-8-2-1-3-9-17/h1-5,8-11,16,19H,6-7,12-15H2,(H,23,27)(H,24,26)/t16-,19+/m0/s1. The summed E-state index contributed by atoms with van der Waals surface area (Å²) in [5.41, 5.74) is 1.79. The highest BCUT2D eigenvalue weighted by atomic mass is 16.5. The number of hydrogen-bond donors (Lipinski definition) is 2. The predicted octanol–water partition coefficient (Wildman–Crippen LogP) is 3.57. The second kappa shape index (κ2) is 8.33. The Bertz CT molecular complexity index is 840. The van der Waals surface area contributed by atoms with Crippen molar-refractivity contribution in [2.24, 2.45) is 5.92 Å². The van der Waals surface area contributed by atoms with Gasteiger partial charge in [0.15, 0.2) is 0 Å². The maximum atomic E-state index is 12.9. The number of carbonyl (C=O) groups is 2. The van der Waals surface area contributed by atoms with Gasteiger partial charge in [0, 0.05) is 30.8 Å². The van der Waals surface area contributed by atoms with Gasteiger partial charge in [-0.05, 0) is 31.0 Å². The summed E-state index contributed by atoms with van der Waals surface area (Å²) in [6, 6.07) is 17.0. The van der Waals surface area contributed by atoms with Crippen molar-refractivity contribution in [3.63, 3.8) is 0 Å². The van der Waals surface area contributed by atoms with E-state index in [0.717, 1.165) is 36.3 Å². The van der Waals surface area contributed by atoms with E-state index < -0.39 is 0 Å². The summed E-state index contributed by atoms with van der Waals surface area (Å²) in [4.78, 5) is 27.2. The minimum absolute atomic E-state index is 0.0129. The Labute approximate surface area is 164 Å². The zero-order valence-corrected chi connectivity index (χ0v) is 15.8. The highest BCUT2D eigenvalue weighted by molar-refractivity contribution is 5.90. The number of rotatable bonds is 3. The lowest BCUT2D eigenvalue weighted by molar-refractivity contribution is -0.127. The molecule has 28 heavy (non-hydrogen) atoms. The molecule has 0 aromatic heterocycles. The van der Waals surface area contributed by atoms with E-state index in [2.05, 4.69) is 10.6 Å². The van der Waals surface area contributed by atoms with Crippen molar-refractivity contribution in [2.45, 2.75) is 25.3 Å². The summed E-state index contributed by atoms with van der Waals surface area (Å²) in [6.45, 7) is 1.70. The van der Waals surface area contributed by atoms with Crippen molar-refractivity contribution in [3.8, 4) is 5.75 Å². The van der Waals surface area contributed by atoms with Crippen LogP contribution in [0.15, 0.2) is 54.6 Å². The van der Waals surface area contributed by atoms with E-state index in [1.54, 1.807) is 4.90 Å². The number of fused-ring (bicyclic) bond motifs is 1. The number of urea groups is 1. The number of piperidine rings is 1. The average molecular weight is 379 g/mol. The highest BCUT2D eigenvalue weighted by Crippen LogP contribution is 2.32. The molecule has 0 radical (unpaired) electrons. The van der Waals surface area contributed by atoms with Crippen molar-refractivity contribution in [2.75, 3.05) is 25.0 Å². The lowest BCUT2D eigenvalue weighted by Crippen LogP contribution is -2.47. The number of carbonyl (C=O) groups excluding carboxylic acids is 2. The van der Waals surface area contributed by atoms with Crippen molar-refractivity contribution in [1.82, 2.24) is 10.2 Å². The Kier molecular flexibility index (Phi) is 5.46. The van der Waals surface area contributed by atoms with Gasteiger partial charge in [0.1, 0.15) is 5.75 Å². The topological polar surface area (TPSA) is 70.7 Å². The number of hydrogen-bond acceptors (Lipinski definition) is 3. The Morgan fingerprint density at radius 2 is 1.79 bits per heavy atom. The third kappa shape index (κ3) is 4.11. The van der Waals surface area contributed by atoms with Crippen LogP contribution in [0.3, 0.4) is 0 Å². The van der Waals surface area contributed by atoms with E-state index >= 15 is 0 Å². The molecule has 6 nitrogen and oxygen atoms in total. The van der Waals surface area contributed by atoms with Gasteiger partial charge in [-0.15, -0.1) is 0 Å². The van der Waals surface area contributed by atoms with Crippen LogP contribution in [0.5, 0.6) is 5.75 Å². The molecule has 0 spiro atoms. The summed E-state index contributed by atoms with van der Waals surface area (Å²) in [7, 11) is 0. The summed E-state index contributed by atoms with van der Waals surface area (Å²) in [6.07, 6.45) is 2.38. The first kappa shape index (κ1) is 18.3. The number of nitrogens with zero attached hydrogens (tertiary/aromatic N) is 1. The molecule has 6 heteroatoms. The van der Waals surface area contributed by atoms with Crippen LogP contribution in [0.1, 0.15) is 30.9 Å². The Morgan fingerprint density at radius 1 is 1.00 bits per heavy atom. The second-order valence-corrected chi connectivity index (χ2v) is 7.32. The molecule has 0 aliphatic carbocycles. The number of benzene rings is 2. The van der Waals surface area contributed by atoms with E-state index in [0.29, 0.717) is 19.7 Å². The van der Waals surface area contributed by atoms with Crippen molar-refractivity contribution >= 4 is 17.6 Å². The minimum Gasteiger partial charge on any atom is -0.493 e. The summed E-state index contributed by atoms with van der Waals surface area (Å²) in [5, 5.41) is 6.08. The Morgan fingerprint density at radius 3 is 2.64 bits per heavy atom. The van der Waals surface area contributed by atoms with Crippen LogP contribution in [0.4, 0.5) is 10.5 Å². The van der Waals surface area contributed by atoms with Gasteiger partial charge in [0.25, 0.3) is 0 Å². The van der Waals surface area contributed by atoms with Gasteiger partial charge in [0.05, 0.1) is 18.6 Å². The fraction of sp³-hybridized carbons (Fsp3) is 0.364. The molecule has 2 aromatic carbocycles. The van der Waals surface area contributed by atoms with Crippen molar-refractivity contribution in [3.05, 3.63) is 60.2 Å². The van der Waals surface area contributed by atoms with Gasteiger partial charge in [-0.1, -0.05) is 36.4 Å². The monoisotopic (exact) mass is 379 g/mol. The van der Waals surface area contributed by atoms with Gasteiger partial charge in [-0.25, -0.2) is 4.79 Å². The number of para-hydroxylation sites is 2. The van der Waals surface area contributed by atoms with Gasteiger partial charge in [-0.2, -0.15) is 0 Å². The van der Waals surface area contributed by atoms with Crippen LogP contribution in [-0.2, 0) is 4.79 Å². The van der Waals surface area contributed by atoms with Gasteiger partial charge < -0.3 is 20.3 Å². The molecule has 2 N–H and O–H groups in total. The summed E-state index contributed by atoms with van der Waals surface area (Å²) >= 11 is 0. The third-order valence-electron chi connectivity index (χ3n) is 5.38. The molecular weight excluding hydrogens is 354 g/mol. The molecule has 0 saturated carbocycles. The molecule has 2 aliphatic heterocycles. The molecule has 0 bridgehead atoms. The first-order valence-electron chi connectivity index (χ1n) is 9.84. The summed E-state index contributed by atoms with van der Waals surface area (Å²) < 4.78 is 5.67. The van der Waals surface area contributed by atoms with Crippen LogP contribution < -0.4 is 15.4 Å². The molecule has 4 rings (SSSR count). The fourth-order valence-electron chi connectivity index (χ4n) is 3.88. The zero-order chi connectivity index (χ0) is 19.3. The average Bonchev–Trinajstić information content (AvgIpc) is 2.75. The van der Waals surface area contributed by atoms with Crippen LogP contribution in [0.25, 0.3) is 0 Å². The molecule has 2 heterocycles. The molecular formula is C22H25N3O3. The maximum Gasteiger partial charge on any atom is 0.321 e. The van der Waals surface area contributed by atoms with Crippen molar-refractivity contribution in [1.29, 1.82) is 0 Å². The quantitative estimate of drug-likeness (QED) is 0.856. The second-order valence-electron chi connectivity index (χ2n) is 7.32. The van der Waals surface area contributed by atoms with Crippen LogP contribution in [0, 0.1) is 5.92 Å². The normalized spacial score (nSPS) is 21.2. The maximum absolute atomic E-state index is 12.9. The van der Waals surface area contributed by atoms with Gasteiger partial charge in [-0.3, -0.25) is 4.79 Å². The minimum atomic E-state index is -0.190. The third-order valence-corrected chi connectivity index (χ3v) is 5.38. The lowest BCUT2D eigenvalue weighted by Gasteiger charge is -2.34. The van der Waals surface area contributed by atoms with E-state index in [4.69, 9.17) is 4.74 Å². The van der Waals surface area contributed by atoms with Gasteiger partial charge >= 0.3 is 6.03 Å². The van der Waals surface area contributed by atoms with Crippen LogP contribution >= 0.6 is 0 Å². The molecule has 1 saturated heterocycles. The van der Waals surface area contributed by atoms with E-state index in [1.165, 1.54) is 0 Å². The number of nitrogens with one attached hydrogen (secondary N) is 2. The molecule has 2 atom stereocenters. The van der Waals surface area contributed by atoms with Crippen LogP contribution in [0.2, 0.25) is 0 Å². The van der Waals surface area contributed by atoms with E-state index in [-0.39, 0.29) is 23.9 Å². The van der Waals surface area contributed by atoms with E-state index in [9.17, 15) is 9.59 Å². The number of likely N-dealkylation sites (tertiary alicyclic amines) is 1.